The van der Waals surface area contributed by atoms with Gasteiger partial charge in [0.2, 0.25) is 0 Å². The van der Waals surface area contributed by atoms with E-state index in [0.717, 1.165) is 0 Å². The van der Waals surface area contributed by atoms with Crippen LogP contribution >= 0.6 is 23.5 Å². The van der Waals surface area contributed by atoms with Gasteiger partial charge >= 0.3 is 0 Å². The van der Waals surface area contributed by atoms with Gasteiger partial charge in [-0.1, -0.05) is 163 Å². The first-order chi connectivity index (χ1) is 24.8. The van der Waals surface area contributed by atoms with E-state index >= 15 is 0 Å². The third-order valence-corrected chi connectivity index (χ3v) is 18.8. The molecule has 1 aliphatic carbocycles. The lowest BCUT2D eigenvalue weighted by molar-refractivity contribution is 1.05. The van der Waals surface area contributed by atoms with Gasteiger partial charge in [0.25, 0.3) is 0 Å². The fraction of sp³-hybridized carbons (Fsp3) is 0. The van der Waals surface area contributed by atoms with E-state index in [0.29, 0.717) is 0 Å². The van der Waals surface area contributed by atoms with Crippen molar-refractivity contribution in [3.05, 3.63) is 176 Å². The van der Waals surface area contributed by atoms with Crippen LogP contribution < -0.4 is 20.7 Å². The van der Waals surface area contributed by atoms with E-state index in [4.69, 9.17) is 0 Å². The van der Waals surface area contributed by atoms with Gasteiger partial charge in [-0.05, 0) is 78.4 Å². The predicted molar refractivity (Wildman–Crippen MR) is 213 cm³/mol. The number of fused-ring (bicyclic) bond motifs is 16. The van der Waals surface area contributed by atoms with Crippen molar-refractivity contribution >= 4 is 52.3 Å². The molecule has 7 aromatic carbocycles. The van der Waals surface area contributed by atoms with Crippen LogP contribution in [0.25, 0.3) is 50.2 Å². The fourth-order valence-electron chi connectivity index (χ4n) is 8.71. The summed E-state index contributed by atoms with van der Waals surface area (Å²) in [6, 6.07) is 61.4. The molecule has 0 atom stereocenters. The van der Waals surface area contributed by atoms with Gasteiger partial charge in [0.15, 0.2) is 8.07 Å². The fourth-order valence-corrected chi connectivity index (χ4v) is 18.0. The molecule has 234 valence electrons. The average molecular weight is 688 g/mol. The highest BCUT2D eigenvalue weighted by atomic mass is 32.2. The second kappa shape index (κ2) is 10.9. The van der Waals surface area contributed by atoms with E-state index < -0.39 is 8.07 Å². The molecule has 1 nitrogen and oxygen atoms in total. The van der Waals surface area contributed by atoms with Gasteiger partial charge in [-0.25, -0.2) is 0 Å². The Morgan fingerprint density at radius 3 is 1.14 bits per heavy atom. The van der Waals surface area contributed by atoms with Gasteiger partial charge in [0.1, 0.15) is 0 Å². The molecule has 3 heterocycles. The lowest BCUT2D eigenvalue weighted by Crippen LogP contribution is -2.78. The van der Waals surface area contributed by atoms with Crippen molar-refractivity contribution < 1.29 is 0 Å². The molecular formula is C46H29NS2Si. The molecule has 0 bridgehead atoms. The Kier molecular flexibility index (Phi) is 6.21. The minimum atomic E-state index is -2.66. The molecule has 0 N–H and O–H groups in total. The van der Waals surface area contributed by atoms with Crippen LogP contribution in [0.3, 0.4) is 0 Å². The summed E-state index contributed by atoms with van der Waals surface area (Å²) in [4.78, 5) is 5.50. The van der Waals surface area contributed by atoms with Crippen molar-refractivity contribution in [1.29, 1.82) is 0 Å². The van der Waals surface area contributed by atoms with Crippen molar-refractivity contribution in [3.63, 3.8) is 0 Å². The topological polar surface area (TPSA) is 4.93 Å². The Labute approximate surface area is 301 Å². The third kappa shape index (κ3) is 3.87. The molecule has 0 fully saturated rings. The van der Waals surface area contributed by atoms with Gasteiger partial charge in [0.05, 0.1) is 5.69 Å². The minimum Gasteiger partial charge on any atom is -0.321 e. The molecule has 0 amide bonds. The molecule has 3 aliphatic rings. The van der Waals surface area contributed by atoms with Crippen molar-refractivity contribution in [2.24, 2.45) is 0 Å². The molecule has 11 rings (SSSR count). The number of hydrogen-bond donors (Lipinski definition) is 0. The SMILES string of the molecule is c1ccc2c(c1)Sc1ccccc1[Si]21c2ccccc2Sc2c(-n3cc4c(c3)-c3ccccc3-c3ccccc3-c3ccccc3-4)cccc21. The van der Waals surface area contributed by atoms with E-state index in [1.54, 1.807) is 0 Å². The Morgan fingerprint density at radius 2 is 0.680 bits per heavy atom. The summed E-state index contributed by atoms with van der Waals surface area (Å²) in [5, 5.41) is 5.97. The molecule has 2 aliphatic heterocycles. The highest BCUT2D eigenvalue weighted by Crippen LogP contribution is 2.49. The first-order valence-electron chi connectivity index (χ1n) is 17.1. The molecule has 1 aromatic heterocycles. The smallest absolute Gasteiger partial charge is 0.184 e. The summed E-state index contributed by atoms with van der Waals surface area (Å²) in [5.74, 6) is 0. The molecule has 50 heavy (non-hydrogen) atoms. The Balaban J connectivity index is 1.22. The maximum atomic E-state index is 2.44. The highest BCUT2D eigenvalue weighted by Gasteiger charge is 2.51. The van der Waals surface area contributed by atoms with E-state index in [1.165, 1.54) is 90.5 Å². The van der Waals surface area contributed by atoms with Gasteiger partial charge in [0, 0.05) is 43.1 Å². The molecule has 0 saturated heterocycles. The standard InChI is InChI=1S/C46H29NS2Si/c1-2-15-31-30(14-1)32-16-3-5-18-34(32)36-28-47(29-37(36)35-19-6-4-17-33(31)35)38-20-13-27-45-46(38)49-41-23-9-12-26-44(41)50(45)42-24-10-7-21-39(42)48-40-22-8-11-25-43(40)50/h1-29H. The van der Waals surface area contributed by atoms with Crippen LogP contribution in [-0.2, 0) is 0 Å². The normalized spacial score (nSPS) is 14.0. The second-order valence-electron chi connectivity index (χ2n) is 13.2. The maximum absolute atomic E-state index is 2.66. The first-order valence-corrected chi connectivity index (χ1v) is 20.7. The Hall–Kier alpha value is -5.26. The summed E-state index contributed by atoms with van der Waals surface area (Å²) < 4.78 is 2.42. The van der Waals surface area contributed by atoms with Crippen LogP contribution in [0.5, 0.6) is 0 Å². The van der Waals surface area contributed by atoms with Gasteiger partial charge in [-0.2, -0.15) is 0 Å². The second-order valence-corrected chi connectivity index (χ2v) is 19.0. The zero-order valence-electron chi connectivity index (χ0n) is 27.0. The molecule has 4 heteroatoms. The number of benzene rings is 7. The van der Waals surface area contributed by atoms with Crippen molar-refractivity contribution in [2.45, 2.75) is 19.6 Å². The summed E-state index contributed by atoms with van der Waals surface area (Å²) in [6.45, 7) is 0. The highest BCUT2D eigenvalue weighted by molar-refractivity contribution is 8.01. The number of hydrogen-bond acceptors (Lipinski definition) is 2. The van der Waals surface area contributed by atoms with Crippen molar-refractivity contribution in [2.75, 3.05) is 0 Å². The van der Waals surface area contributed by atoms with Gasteiger partial charge in [-0.3, -0.25) is 0 Å². The summed E-state index contributed by atoms with van der Waals surface area (Å²) in [5.41, 5.74) is 11.4. The molecule has 0 saturated carbocycles. The number of rotatable bonds is 1. The molecular weight excluding hydrogens is 659 g/mol. The van der Waals surface area contributed by atoms with Crippen molar-refractivity contribution in [1.82, 2.24) is 4.57 Å². The zero-order chi connectivity index (χ0) is 32.8. The van der Waals surface area contributed by atoms with Crippen LogP contribution in [0.15, 0.2) is 196 Å². The van der Waals surface area contributed by atoms with Crippen LogP contribution in [-0.4, -0.2) is 12.6 Å². The predicted octanol–water partition coefficient (Wildman–Crippen LogP) is 9.77. The number of aromatic nitrogens is 1. The molecule has 0 radical (unpaired) electrons. The van der Waals surface area contributed by atoms with Gasteiger partial charge < -0.3 is 4.57 Å². The average Bonchev–Trinajstić information content (AvgIpc) is 3.62. The molecule has 8 aromatic rings. The van der Waals surface area contributed by atoms with E-state index in [9.17, 15) is 0 Å². The van der Waals surface area contributed by atoms with E-state index in [2.05, 4.69) is 181 Å². The van der Waals surface area contributed by atoms with E-state index in [1.807, 2.05) is 23.5 Å². The largest absolute Gasteiger partial charge is 0.321 e. The van der Waals surface area contributed by atoms with Crippen LogP contribution in [0, 0.1) is 0 Å². The third-order valence-electron chi connectivity index (χ3n) is 10.7. The summed E-state index contributed by atoms with van der Waals surface area (Å²) in [7, 11) is -2.66. The van der Waals surface area contributed by atoms with Crippen LogP contribution in [0.1, 0.15) is 0 Å². The lowest BCUT2D eigenvalue weighted by Gasteiger charge is -2.44. The lowest BCUT2D eigenvalue weighted by atomic mass is 9.82. The number of nitrogens with zero attached hydrogens (tertiary/aromatic N) is 1. The summed E-state index contributed by atoms with van der Waals surface area (Å²) in [6.07, 6.45) is 4.78. The van der Waals surface area contributed by atoms with Crippen LogP contribution in [0.4, 0.5) is 0 Å². The van der Waals surface area contributed by atoms with Crippen molar-refractivity contribution in [3.8, 4) is 50.2 Å². The van der Waals surface area contributed by atoms with E-state index in [-0.39, 0.29) is 0 Å². The zero-order valence-corrected chi connectivity index (χ0v) is 29.6. The molecule has 1 spiro atoms. The Bertz CT molecular complexity index is 2540. The Morgan fingerprint density at radius 1 is 0.320 bits per heavy atom. The van der Waals surface area contributed by atoms with Crippen LogP contribution in [0.2, 0.25) is 0 Å². The minimum absolute atomic E-state index is 1.24. The maximum Gasteiger partial charge on any atom is 0.184 e. The summed E-state index contributed by atoms with van der Waals surface area (Å²) >= 11 is 3.87. The molecule has 0 unspecified atom stereocenters. The quantitative estimate of drug-likeness (QED) is 0.158. The van der Waals surface area contributed by atoms with Gasteiger partial charge in [-0.15, -0.1) is 0 Å². The monoisotopic (exact) mass is 687 g/mol. The first kappa shape index (κ1) is 28.6.